The summed E-state index contributed by atoms with van der Waals surface area (Å²) in [5, 5.41) is 9.65. The number of carbonyl (C=O) groups is 3. The number of rotatable bonds is 2. The highest BCUT2D eigenvalue weighted by atomic mass is 16.6. The summed E-state index contributed by atoms with van der Waals surface area (Å²) in [5.74, 6) is -0.893. The maximum Gasteiger partial charge on any atom is 0.410 e. The molecule has 0 radical (unpaired) electrons. The molecule has 1 unspecified atom stereocenters. The molecule has 1 saturated heterocycles. The average molecular weight is 392 g/mol. The van der Waals surface area contributed by atoms with Gasteiger partial charge in [-0.25, -0.2) is 9.59 Å². The van der Waals surface area contributed by atoms with Crippen LogP contribution < -0.4 is 9.47 Å². The van der Waals surface area contributed by atoms with Gasteiger partial charge in [0.2, 0.25) is 0 Å². The fourth-order valence-corrected chi connectivity index (χ4v) is 3.13. The minimum atomic E-state index is -1.19. The lowest BCUT2D eigenvalue weighted by molar-refractivity contribution is -0.144. The first-order valence-electron chi connectivity index (χ1n) is 9.07. The largest absolute Gasteiger partial charge is 0.486 e. The number of nitrogens with zero attached hydrogens (tertiary/aromatic N) is 2. The molecular formula is C19H24N2O7. The Balaban J connectivity index is 1.80. The van der Waals surface area contributed by atoms with E-state index >= 15 is 0 Å². The van der Waals surface area contributed by atoms with E-state index in [9.17, 15) is 19.5 Å². The third-order valence-corrected chi connectivity index (χ3v) is 4.37. The highest BCUT2D eigenvalue weighted by molar-refractivity contribution is 6.00. The van der Waals surface area contributed by atoms with Gasteiger partial charge in [-0.1, -0.05) is 6.07 Å². The quantitative estimate of drug-likeness (QED) is 0.815. The van der Waals surface area contributed by atoms with Crippen molar-refractivity contribution in [1.82, 2.24) is 9.80 Å². The molecule has 9 heteroatoms. The Morgan fingerprint density at radius 1 is 1.14 bits per heavy atom. The Hall–Kier alpha value is -2.97. The molecule has 2 aliphatic rings. The lowest BCUT2D eigenvalue weighted by Gasteiger charge is -2.39. The number of amides is 2. The fraction of sp³-hybridized carbons (Fsp3) is 0.526. The number of para-hydroxylation sites is 1. The van der Waals surface area contributed by atoms with Crippen molar-refractivity contribution in [2.75, 3.05) is 32.8 Å². The summed E-state index contributed by atoms with van der Waals surface area (Å²) in [4.78, 5) is 39.7. The average Bonchev–Trinajstić information content (AvgIpc) is 2.65. The predicted octanol–water partition coefficient (Wildman–Crippen LogP) is 1.60. The smallest absolute Gasteiger partial charge is 0.410 e. The first-order chi connectivity index (χ1) is 13.2. The topological polar surface area (TPSA) is 106 Å². The second-order valence-electron chi connectivity index (χ2n) is 7.61. The summed E-state index contributed by atoms with van der Waals surface area (Å²) in [6.45, 7) is 6.00. The van der Waals surface area contributed by atoms with Crippen LogP contribution in [0.1, 0.15) is 31.1 Å². The summed E-state index contributed by atoms with van der Waals surface area (Å²) in [7, 11) is 0. The Morgan fingerprint density at radius 2 is 1.86 bits per heavy atom. The van der Waals surface area contributed by atoms with E-state index in [-0.39, 0.29) is 25.2 Å². The molecule has 3 rings (SSSR count). The zero-order chi connectivity index (χ0) is 20.5. The third kappa shape index (κ3) is 4.13. The minimum absolute atomic E-state index is 0.0690. The lowest BCUT2D eigenvalue weighted by atomic mass is 10.1. The van der Waals surface area contributed by atoms with Crippen LogP contribution in [0.4, 0.5) is 4.79 Å². The molecule has 0 saturated carbocycles. The van der Waals surface area contributed by atoms with E-state index in [4.69, 9.17) is 14.2 Å². The number of benzene rings is 1. The summed E-state index contributed by atoms with van der Waals surface area (Å²) in [6.07, 6.45) is -0.598. The van der Waals surface area contributed by atoms with Gasteiger partial charge in [0.1, 0.15) is 24.9 Å². The van der Waals surface area contributed by atoms with E-state index in [1.54, 1.807) is 39.0 Å². The summed E-state index contributed by atoms with van der Waals surface area (Å²) < 4.78 is 16.4. The van der Waals surface area contributed by atoms with Gasteiger partial charge < -0.3 is 29.1 Å². The van der Waals surface area contributed by atoms with Gasteiger partial charge in [-0.05, 0) is 32.9 Å². The zero-order valence-electron chi connectivity index (χ0n) is 16.1. The van der Waals surface area contributed by atoms with E-state index < -0.39 is 29.6 Å². The van der Waals surface area contributed by atoms with Crippen molar-refractivity contribution in [2.24, 2.45) is 0 Å². The second kappa shape index (κ2) is 7.57. The van der Waals surface area contributed by atoms with E-state index in [2.05, 4.69) is 0 Å². The minimum Gasteiger partial charge on any atom is -0.486 e. The van der Waals surface area contributed by atoms with Crippen LogP contribution in [0.3, 0.4) is 0 Å². The highest BCUT2D eigenvalue weighted by Gasteiger charge is 2.39. The number of carboxylic acid groups (broad SMARTS) is 1. The molecule has 1 atom stereocenters. The first kappa shape index (κ1) is 19.8. The molecule has 2 heterocycles. The standard InChI is InChI=1S/C19H24N2O7/c1-19(2,3)28-18(25)20-7-8-21(13(11-20)17(23)24)16(22)12-5-4-6-14-15(12)27-10-9-26-14/h4-6,13H,7-11H2,1-3H3,(H,23,24). The molecule has 1 fully saturated rings. The van der Waals surface area contributed by atoms with Crippen LogP contribution in [0.15, 0.2) is 18.2 Å². The maximum absolute atomic E-state index is 13.1. The molecular weight excluding hydrogens is 368 g/mol. The van der Waals surface area contributed by atoms with Crippen LogP contribution in [0.2, 0.25) is 0 Å². The van der Waals surface area contributed by atoms with Gasteiger partial charge >= 0.3 is 12.1 Å². The van der Waals surface area contributed by atoms with Gasteiger partial charge in [-0.15, -0.1) is 0 Å². The molecule has 0 spiro atoms. The molecule has 152 valence electrons. The van der Waals surface area contributed by atoms with Crippen LogP contribution in [-0.4, -0.2) is 77.4 Å². The number of aliphatic carboxylic acids is 1. The molecule has 1 aromatic rings. The summed E-state index contributed by atoms with van der Waals surface area (Å²) in [5.41, 5.74) is -0.447. The number of hydrogen-bond donors (Lipinski definition) is 1. The van der Waals surface area contributed by atoms with Gasteiger partial charge in [0.15, 0.2) is 11.5 Å². The number of fused-ring (bicyclic) bond motifs is 1. The Kier molecular flexibility index (Phi) is 5.35. The molecule has 28 heavy (non-hydrogen) atoms. The monoisotopic (exact) mass is 392 g/mol. The van der Waals surface area contributed by atoms with Crippen molar-refractivity contribution < 1.29 is 33.7 Å². The molecule has 0 bridgehead atoms. The highest BCUT2D eigenvalue weighted by Crippen LogP contribution is 2.34. The number of carboxylic acids is 1. The Bertz CT molecular complexity index is 787. The van der Waals surface area contributed by atoms with Crippen molar-refractivity contribution in [3.63, 3.8) is 0 Å². The molecule has 9 nitrogen and oxygen atoms in total. The fourth-order valence-electron chi connectivity index (χ4n) is 3.13. The Morgan fingerprint density at radius 3 is 2.54 bits per heavy atom. The normalized spacial score (nSPS) is 19.2. The molecule has 1 aromatic carbocycles. The molecule has 1 N–H and O–H groups in total. The molecule has 0 aliphatic carbocycles. The van der Waals surface area contributed by atoms with Crippen LogP contribution >= 0.6 is 0 Å². The second-order valence-corrected chi connectivity index (χ2v) is 7.61. The van der Waals surface area contributed by atoms with E-state index in [0.29, 0.717) is 24.7 Å². The van der Waals surface area contributed by atoms with Crippen molar-refractivity contribution in [3.05, 3.63) is 23.8 Å². The molecule has 2 aliphatic heterocycles. The van der Waals surface area contributed by atoms with E-state index in [1.165, 1.54) is 9.80 Å². The first-order valence-corrected chi connectivity index (χ1v) is 9.07. The molecule has 0 aromatic heterocycles. The Labute approximate surface area is 162 Å². The summed E-state index contributed by atoms with van der Waals surface area (Å²) >= 11 is 0. The summed E-state index contributed by atoms with van der Waals surface area (Å²) in [6, 6.07) is 3.75. The van der Waals surface area contributed by atoms with Gasteiger partial charge in [-0.3, -0.25) is 4.79 Å². The third-order valence-electron chi connectivity index (χ3n) is 4.37. The van der Waals surface area contributed by atoms with Gasteiger partial charge in [0, 0.05) is 13.1 Å². The van der Waals surface area contributed by atoms with Gasteiger partial charge in [-0.2, -0.15) is 0 Å². The van der Waals surface area contributed by atoms with Crippen LogP contribution in [0.25, 0.3) is 0 Å². The number of hydrogen-bond acceptors (Lipinski definition) is 6. The predicted molar refractivity (Wildman–Crippen MR) is 97.7 cm³/mol. The number of carbonyl (C=O) groups excluding carboxylic acids is 2. The zero-order valence-corrected chi connectivity index (χ0v) is 16.1. The van der Waals surface area contributed by atoms with E-state index in [0.717, 1.165) is 0 Å². The van der Waals surface area contributed by atoms with Crippen molar-refractivity contribution in [1.29, 1.82) is 0 Å². The van der Waals surface area contributed by atoms with Crippen LogP contribution in [0, 0.1) is 0 Å². The lowest BCUT2D eigenvalue weighted by Crippen LogP contribution is -2.59. The van der Waals surface area contributed by atoms with Crippen LogP contribution in [0.5, 0.6) is 11.5 Å². The SMILES string of the molecule is CC(C)(C)OC(=O)N1CCN(C(=O)c2cccc3c2OCCO3)C(C(=O)O)C1. The van der Waals surface area contributed by atoms with Gasteiger partial charge in [0.25, 0.3) is 5.91 Å². The number of ether oxygens (including phenoxy) is 3. The van der Waals surface area contributed by atoms with Crippen molar-refractivity contribution in [2.45, 2.75) is 32.4 Å². The molecule has 2 amide bonds. The van der Waals surface area contributed by atoms with Crippen LogP contribution in [-0.2, 0) is 9.53 Å². The van der Waals surface area contributed by atoms with Gasteiger partial charge in [0.05, 0.1) is 12.1 Å². The van der Waals surface area contributed by atoms with E-state index in [1.807, 2.05) is 0 Å². The van der Waals surface area contributed by atoms with Crippen molar-refractivity contribution >= 4 is 18.0 Å². The van der Waals surface area contributed by atoms with Crippen molar-refractivity contribution in [3.8, 4) is 11.5 Å². The maximum atomic E-state index is 13.1. The number of piperazine rings is 1.